The van der Waals surface area contributed by atoms with E-state index in [9.17, 15) is 4.79 Å². The van der Waals surface area contributed by atoms with Crippen LogP contribution in [0.5, 0.6) is 0 Å². The first-order valence-electron chi connectivity index (χ1n) is 5.13. The Morgan fingerprint density at radius 3 is 2.82 bits per heavy atom. The van der Waals surface area contributed by atoms with Crippen molar-refractivity contribution in [2.24, 2.45) is 0 Å². The van der Waals surface area contributed by atoms with Crippen molar-refractivity contribution in [1.82, 2.24) is 4.40 Å². The van der Waals surface area contributed by atoms with Gasteiger partial charge in [0.25, 0.3) is 0 Å². The lowest BCUT2D eigenvalue weighted by Crippen LogP contribution is -1.92. The number of thiophene rings is 1. The van der Waals surface area contributed by atoms with Crippen LogP contribution >= 0.6 is 11.3 Å². The Balaban J connectivity index is 2.16. The van der Waals surface area contributed by atoms with Crippen LogP contribution in [0, 0.1) is 0 Å². The van der Waals surface area contributed by atoms with E-state index in [1.807, 2.05) is 40.2 Å². The Morgan fingerprint density at radius 1 is 1.24 bits per heavy atom. The number of carboxylic acids is 1. The van der Waals surface area contributed by atoms with Crippen molar-refractivity contribution in [1.29, 1.82) is 0 Å². The highest BCUT2D eigenvalue weighted by molar-refractivity contribution is 7.13. The third-order valence-corrected chi connectivity index (χ3v) is 3.56. The Morgan fingerprint density at radius 2 is 2.12 bits per heavy atom. The molecule has 4 heteroatoms. The van der Waals surface area contributed by atoms with E-state index in [4.69, 9.17) is 5.11 Å². The molecule has 0 bridgehead atoms. The van der Waals surface area contributed by atoms with E-state index < -0.39 is 5.97 Å². The van der Waals surface area contributed by atoms with Crippen LogP contribution in [0.25, 0.3) is 16.0 Å². The molecule has 3 aromatic rings. The predicted molar refractivity (Wildman–Crippen MR) is 67.7 cm³/mol. The largest absolute Gasteiger partial charge is 0.478 e. The normalized spacial score (nSPS) is 10.8. The summed E-state index contributed by atoms with van der Waals surface area (Å²) in [5.74, 6) is -0.897. The topological polar surface area (TPSA) is 41.7 Å². The number of aromatic nitrogens is 1. The number of hydrogen-bond acceptors (Lipinski definition) is 2. The van der Waals surface area contributed by atoms with Gasteiger partial charge < -0.3 is 9.51 Å². The van der Waals surface area contributed by atoms with Crippen molar-refractivity contribution < 1.29 is 9.90 Å². The Kier molecular flexibility index (Phi) is 2.23. The van der Waals surface area contributed by atoms with Crippen LogP contribution in [0.4, 0.5) is 0 Å². The molecule has 1 N–H and O–H groups in total. The SMILES string of the molecule is O=C(O)c1cc2ccc(-c3cccs3)cn2c1. The summed E-state index contributed by atoms with van der Waals surface area (Å²) >= 11 is 1.67. The average Bonchev–Trinajstić information content (AvgIpc) is 2.97. The second-order valence-electron chi connectivity index (χ2n) is 3.76. The minimum atomic E-state index is -0.897. The highest BCUT2D eigenvalue weighted by Crippen LogP contribution is 2.25. The zero-order chi connectivity index (χ0) is 11.8. The van der Waals surface area contributed by atoms with Crippen LogP contribution in [0.1, 0.15) is 10.4 Å². The molecule has 3 rings (SSSR count). The quantitative estimate of drug-likeness (QED) is 0.749. The number of pyridine rings is 1. The number of carboxylic acid groups (broad SMARTS) is 1. The minimum Gasteiger partial charge on any atom is -0.478 e. The summed E-state index contributed by atoms with van der Waals surface area (Å²) in [6, 6.07) is 9.66. The molecule has 17 heavy (non-hydrogen) atoms. The van der Waals surface area contributed by atoms with Gasteiger partial charge in [0.1, 0.15) is 0 Å². The molecule has 0 saturated carbocycles. The summed E-state index contributed by atoms with van der Waals surface area (Å²) in [6.07, 6.45) is 3.59. The van der Waals surface area contributed by atoms with Gasteiger partial charge in [-0.2, -0.15) is 0 Å². The van der Waals surface area contributed by atoms with Gasteiger partial charge in [-0.15, -0.1) is 11.3 Å². The summed E-state index contributed by atoms with van der Waals surface area (Å²) in [5, 5.41) is 11.0. The second-order valence-corrected chi connectivity index (χ2v) is 4.71. The minimum absolute atomic E-state index is 0.313. The standard InChI is InChI=1S/C13H9NO2S/c15-13(16)10-6-11-4-3-9(7-14(11)8-10)12-2-1-5-17-12/h1-8H,(H,15,16). The smallest absolute Gasteiger partial charge is 0.337 e. The molecule has 0 aliphatic rings. The molecule has 84 valence electrons. The molecule has 0 aliphatic carbocycles. The molecule has 0 radical (unpaired) electrons. The number of nitrogens with zero attached hydrogens (tertiary/aromatic N) is 1. The molecule has 0 spiro atoms. The highest BCUT2D eigenvalue weighted by Gasteiger charge is 2.07. The maximum Gasteiger partial charge on any atom is 0.337 e. The van der Waals surface area contributed by atoms with Crippen LogP contribution in [0.3, 0.4) is 0 Å². The number of aromatic carboxylic acids is 1. The maximum absolute atomic E-state index is 10.9. The lowest BCUT2D eigenvalue weighted by atomic mass is 10.2. The van der Waals surface area contributed by atoms with E-state index >= 15 is 0 Å². The van der Waals surface area contributed by atoms with Crippen molar-refractivity contribution in [2.45, 2.75) is 0 Å². The molecule has 3 aromatic heterocycles. The van der Waals surface area contributed by atoms with Crippen molar-refractivity contribution in [3.05, 3.63) is 53.7 Å². The summed E-state index contributed by atoms with van der Waals surface area (Å²) < 4.78 is 1.85. The number of rotatable bonds is 2. The van der Waals surface area contributed by atoms with Crippen molar-refractivity contribution in [2.75, 3.05) is 0 Å². The summed E-state index contributed by atoms with van der Waals surface area (Å²) in [7, 11) is 0. The average molecular weight is 243 g/mol. The van der Waals surface area contributed by atoms with Gasteiger partial charge in [0, 0.05) is 28.4 Å². The summed E-state index contributed by atoms with van der Waals surface area (Å²) in [4.78, 5) is 12.1. The molecular formula is C13H9NO2S. The van der Waals surface area contributed by atoms with Gasteiger partial charge in [0.15, 0.2) is 0 Å². The predicted octanol–water partition coefficient (Wildman–Crippen LogP) is 3.37. The Labute approximate surface area is 102 Å². The summed E-state index contributed by atoms with van der Waals surface area (Å²) in [6.45, 7) is 0. The van der Waals surface area contributed by atoms with Crippen LogP contribution in [0.2, 0.25) is 0 Å². The highest BCUT2D eigenvalue weighted by atomic mass is 32.1. The number of fused-ring (bicyclic) bond motifs is 1. The van der Waals surface area contributed by atoms with E-state index in [1.165, 1.54) is 4.88 Å². The van der Waals surface area contributed by atoms with Crippen LogP contribution in [0.15, 0.2) is 48.1 Å². The zero-order valence-corrected chi connectivity index (χ0v) is 9.65. The molecule has 3 heterocycles. The van der Waals surface area contributed by atoms with Crippen LogP contribution < -0.4 is 0 Å². The van der Waals surface area contributed by atoms with Gasteiger partial charge >= 0.3 is 5.97 Å². The van der Waals surface area contributed by atoms with Crippen molar-refractivity contribution >= 4 is 22.8 Å². The molecule has 0 atom stereocenters. The zero-order valence-electron chi connectivity index (χ0n) is 8.83. The maximum atomic E-state index is 10.9. The fourth-order valence-electron chi connectivity index (χ4n) is 1.82. The first kappa shape index (κ1) is 10.1. The third kappa shape index (κ3) is 1.72. The third-order valence-electron chi connectivity index (χ3n) is 2.64. The molecule has 0 fully saturated rings. The van der Waals surface area contributed by atoms with E-state index in [1.54, 1.807) is 23.6 Å². The van der Waals surface area contributed by atoms with Gasteiger partial charge in [-0.25, -0.2) is 4.79 Å². The molecule has 0 aliphatic heterocycles. The molecule has 0 unspecified atom stereocenters. The first-order valence-corrected chi connectivity index (χ1v) is 6.01. The van der Waals surface area contributed by atoms with Crippen molar-refractivity contribution in [3.63, 3.8) is 0 Å². The van der Waals surface area contributed by atoms with E-state index in [2.05, 4.69) is 0 Å². The van der Waals surface area contributed by atoms with E-state index in [0.717, 1.165) is 11.1 Å². The Bertz CT molecular complexity index is 683. The molecule has 0 amide bonds. The van der Waals surface area contributed by atoms with Crippen LogP contribution in [-0.2, 0) is 0 Å². The molecule has 0 aromatic carbocycles. The molecule has 0 saturated heterocycles. The monoisotopic (exact) mass is 243 g/mol. The van der Waals surface area contributed by atoms with E-state index in [-0.39, 0.29) is 0 Å². The van der Waals surface area contributed by atoms with E-state index in [0.29, 0.717) is 5.56 Å². The number of hydrogen-bond donors (Lipinski definition) is 1. The lowest BCUT2D eigenvalue weighted by Gasteiger charge is -1.99. The first-order chi connectivity index (χ1) is 8.24. The second kappa shape index (κ2) is 3.75. The summed E-state index contributed by atoms with van der Waals surface area (Å²) in [5.41, 5.74) is 2.30. The van der Waals surface area contributed by atoms with Crippen molar-refractivity contribution in [3.8, 4) is 10.4 Å². The molecular weight excluding hydrogens is 234 g/mol. The van der Waals surface area contributed by atoms with Gasteiger partial charge in [0.2, 0.25) is 0 Å². The van der Waals surface area contributed by atoms with Gasteiger partial charge in [-0.3, -0.25) is 0 Å². The fraction of sp³-hybridized carbons (Fsp3) is 0. The van der Waals surface area contributed by atoms with Gasteiger partial charge in [-0.1, -0.05) is 6.07 Å². The van der Waals surface area contributed by atoms with Gasteiger partial charge in [0.05, 0.1) is 5.56 Å². The lowest BCUT2D eigenvalue weighted by molar-refractivity contribution is 0.0697. The fourth-order valence-corrected chi connectivity index (χ4v) is 2.53. The number of carbonyl (C=O) groups is 1. The van der Waals surface area contributed by atoms with Crippen LogP contribution in [-0.4, -0.2) is 15.5 Å². The Hall–Kier alpha value is -2.07. The van der Waals surface area contributed by atoms with Gasteiger partial charge in [-0.05, 0) is 29.6 Å². The molecule has 3 nitrogen and oxygen atoms in total.